The van der Waals surface area contributed by atoms with Gasteiger partial charge in [-0.05, 0) is 21.3 Å². The van der Waals surface area contributed by atoms with Crippen LogP contribution in [0.1, 0.15) is 0 Å². The van der Waals surface area contributed by atoms with E-state index in [1.54, 1.807) is 11.8 Å². The second kappa shape index (κ2) is 2.97. The third-order valence-electron chi connectivity index (χ3n) is 1.62. The fourth-order valence-electron chi connectivity index (χ4n) is 1.07. The minimum absolute atomic E-state index is 1.30. The Morgan fingerprint density at radius 3 is 2.73 bits per heavy atom. The molecule has 0 N–H and O–H groups in total. The first kappa shape index (κ1) is 6.74. The molecule has 0 unspecified atom stereocenters. The van der Waals surface area contributed by atoms with E-state index in [1.165, 1.54) is 10.4 Å². The van der Waals surface area contributed by atoms with Gasteiger partial charge in [0.15, 0.2) is 0 Å². The third kappa shape index (κ3) is 1.38. The first-order valence-electron chi connectivity index (χ1n) is 3.54. The molecule has 0 fully saturated rings. The molecule has 0 aromatic heterocycles. The van der Waals surface area contributed by atoms with E-state index in [0.29, 0.717) is 0 Å². The first-order valence-corrected chi connectivity index (χ1v) is 4.49. The quantitative estimate of drug-likeness (QED) is 0.554. The standard InChI is InChI=1S/C10H8S/c1-2-5-10-8-11-7-3-6-9(10)4-1/h1-8H. The average Bonchev–Trinajstić information content (AvgIpc) is 2.28. The number of rotatable bonds is 0. The molecule has 1 aliphatic heterocycles. The molecule has 1 aliphatic rings. The summed E-state index contributed by atoms with van der Waals surface area (Å²) in [4.78, 5) is 0. The summed E-state index contributed by atoms with van der Waals surface area (Å²) < 4.78 is 0. The Morgan fingerprint density at radius 1 is 1.00 bits per heavy atom. The zero-order valence-electron chi connectivity index (χ0n) is 6.03. The summed E-state index contributed by atoms with van der Waals surface area (Å²) in [7, 11) is 0. The highest BCUT2D eigenvalue weighted by atomic mass is 32.2. The molecule has 1 aromatic carbocycles. The lowest BCUT2D eigenvalue weighted by Gasteiger charge is -1.85. The van der Waals surface area contributed by atoms with Crippen molar-refractivity contribution in [2.24, 2.45) is 0 Å². The maximum atomic E-state index is 2.16. The normalized spacial score (nSPS) is 14.2. The number of thioether (sulfide) groups is 1. The lowest BCUT2D eigenvalue weighted by atomic mass is 10.2. The van der Waals surface area contributed by atoms with Crippen molar-refractivity contribution < 1.29 is 0 Å². The average molecular weight is 160 g/mol. The Kier molecular flexibility index (Phi) is 1.82. The van der Waals surface area contributed by atoms with Gasteiger partial charge in [0.1, 0.15) is 0 Å². The molecule has 0 radical (unpaired) electrons. The summed E-state index contributed by atoms with van der Waals surface area (Å²) in [6.45, 7) is 0. The lowest BCUT2D eigenvalue weighted by molar-refractivity contribution is 1.53. The predicted octanol–water partition coefficient (Wildman–Crippen LogP) is 1.47. The Labute approximate surface area is 69.9 Å². The van der Waals surface area contributed by atoms with Crippen molar-refractivity contribution in [1.29, 1.82) is 0 Å². The number of fused-ring (bicyclic) bond motifs is 1. The van der Waals surface area contributed by atoms with Crippen molar-refractivity contribution in [2.45, 2.75) is 0 Å². The van der Waals surface area contributed by atoms with Crippen molar-refractivity contribution in [3.8, 4) is 0 Å². The number of benzene rings is 1. The highest BCUT2D eigenvalue weighted by Gasteiger charge is 1.84. The van der Waals surface area contributed by atoms with Crippen LogP contribution in [0.3, 0.4) is 0 Å². The van der Waals surface area contributed by atoms with Gasteiger partial charge >= 0.3 is 0 Å². The van der Waals surface area contributed by atoms with Crippen molar-refractivity contribution in [3.05, 3.63) is 46.2 Å². The van der Waals surface area contributed by atoms with Crippen LogP contribution in [-0.2, 0) is 0 Å². The van der Waals surface area contributed by atoms with Crippen molar-refractivity contribution in [2.75, 3.05) is 0 Å². The van der Waals surface area contributed by atoms with Gasteiger partial charge in [-0.3, -0.25) is 0 Å². The van der Waals surface area contributed by atoms with Gasteiger partial charge in [0.25, 0.3) is 0 Å². The van der Waals surface area contributed by atoms with Crippen LogP contribution in [0.2, 0.25) is 0 Å². The van der Waals surface area contributed by atoms with Crippen molar-refractivity contribution in [3.63, 3.8) is 0 Å². The molecule has 54 valence electrons. The van der Waals surface area contributed by atoms with Gasteiger partial charge in [-0.2, -0.15) is 0 Å². The van der Waals surface area contributed by atoms with Crippen LogP contribution in [0.25, 0.3) is 11.5 Å². The molecule has 0 bridgehead atoms. The van der Waals surface area contributed by atoms with E-state index in [0.717, 1.165) is 0 Å². The van der Waals surface area contributed by atoms with Crippen LogP contribution >= 0.6 is 11.8 Å². The topological polar surface area (TPSA) is 0 Å². The molecule has 0 atom stereocenters. The highest BCUT2D eigenvalue weighted by molar-refractivity contribution is 8.09. The molecular weight excluding hydrogens is 152 g/mol. The predicted molar refractivity (Wildman–Crippen MR) is 51.4 cm³/mol. The van der Waals surface area contributed by atoms with Crippen LogP contribution in [0.15, 0.2) is 35.7 Å². The van der Waals surface area contributed by atoms with E-state index >= 15 is 0 Å². The fourth-order valence-corrected chi connectivity index (χ4v) is 1.68. The number of allylic oxidation sites excluding steroid dienone is 1. The maximum absolute atomic E-state index is 2.16. The number of hydrogen-bond donors (Lipinski definition) is 0. The Morgan fingerprint density at radius 2 is 1.82 bits per heavy atom. The van der Waals surface area contributed by atoms with E-state index in [9.17, 15) is 0 Å². The van der Waals surface area contributed by atoms with Crippen LogP contribution in [-0.4, -0.2) is 0 Å². The summed E-state index contributed by atoms with van der Waals surface area (Å²) >= 11 is 1.72. The van der Waals surface area contributed by atoms with Gasteiger partial charge in [-0.25, -0.2) is 0 Å². The molecule has 0 saturated carbocycles. The summed E-state index contributed by atoms with van der Waals surface area (Å²) in [5.74, 6) is 0. The van der Waals surface area contributed by atoms with Gasteiger partial charge < -0.3 is 0 Å². The zero-order valence-corrected chi connectivity index (χ0v) is 6.84. The number of hydrogen-bond acceptors (Lipinski definition) is 1. The molecule has 1 heteroatoms. The summed E-state index contributed by atoms with van der Waals surface area (Å²) in [6.07, 6.45) is 4.21. The Bertz CT molecular complexity index is 388. The van der Waals surface area contributed by atoms with E-state index in [1.807, 2.05) is 0 Å². The van der Waals surface area contributed by atoms with Gasteiger partial charge in [0.2, 0.25) is 0 Å². The SMILES string of the molecule is C1=CSC=c2ccccc2=C1. The van der Waals surface area contributed by atoms with E-state index in [4.69, 9.17) is 0 Å². The summed E-state index contributed by atoms with van der Waals surface area (Å²) in [6, 6.07) is 8.38. The second-order valence-corrected chi connectivity index (χ2v) is 3.16. The second-order valence-electron chi connectivity index (χ2n) is 2.38. The molecule has 2 rings (SSSR count). The minimum Gasteiger partial charge on any atom is -0.105 e. The zero-order chi connectivity index (χ0) is 7.52. The van der Waals surface area contributed by atoms with Crippen LogP contribution < -0.4 is 10.4 Å². The van der Waals surface area contributed by atoms with Crippen LogP contribution in [0, 0.1) is 0 Å². The molecular formula is C10H8S. The van der Waals surface area contributed by atoms with Crippen molar-refractivity contribution >= 4 is 23.2 Å². The summed E-state index contributed by atoms with van der Waals surface area (Å²) in [5.41, 5.74) is 0. The highest BCUT2D eigenvalue weighted by Crippen LogP contribution is 2.03. The van der Waals surface area contributed by atoms with Gasteiger partial charge in [0, 0.05) is 0 Å². The summed E-state index contributed by atoms with van der Waals surface area (Å²) in [5, 5.41) is 6.85. The fraction of sp³-hybridized carbons (Fsp3) is 0. The molecule has 0 saturated heterocycles. The van der Waals surface area contributed by atoms with E-state index in [2.05, 4.69) is 47.2 Å². The lowest BCUT2D eigenvalue weighted by Crippen LogP contribution is -2.22. The molecule has 0 nitrogen and oxygen atoms in total. The third-order valence-corrected chi connectivity index (χ3v) is 2.33. The molecule has 0 spiro atoms. The van der Waals surface area contributed by atoms with Crippen molar-refractivity contribution in [1.82, 2.24) is 0 Å². The van der Waals surface area contributed by atoms with Crippen LogP contribution in [0.4, 0.5) is 0 Å². The first-order chi connectivity index (χ1) is 5.47. The van der Waals surface area contributed by atoms with E-state index < -0.39 is 0 Å². The van der Waals surface area contributed by atoms with Gasteiger partial charge in [-0.1, -0.05) is 36.4 Å². The monoisotopic (exact) mass is 160 g/mol. The minimum atomic E-state index is 1.30. The molecule has 0 amide bonds. The smallest absolute Gasteiger partial charge is 0.0118 e. The maximum Gasteiger partial charge on any atom is -0.0118 e. The molecule has 1 heterocycles. The van der Waals surface area contributed by atoms with Gasteiger partial charge in [-0.15, -0.1) is 11.8 Å². The largest absolute Gasteiger partial charge is 0.105 e. The van der Waals surface area contributed by atoms with E-state index in [-0.39, 0.29) is 0 Å². The molecule has 11 heavy (non-hydrogen) atoms. The Balaban J connectivity index is 2.81. The molecule has 1 aromatic rings. The van der Waals surface area contributed by atoms with Gasteiger partial charge in [0.05, 0.1) is 0 Å². The van der Waals surface area contributed by atoms with Crippen LogP contribution in [0.5, 0.6) is 0 Å². The molecule has 0 aliphatic carbocycles. The Hall–Kier alpha value is -0.950.